The van der Waals surface area contributed by atoms with Gasteiger partial charge in [0.05, 0.1) is 0 Å². The van der Waals surface area contributed by atoms with Crippen LogP contribution in [0.2, 0.25) is 0 Å². The van der Waals surface area contributed by atoms with E-state index in [-0.39, 0.29) is 5.56 Å². The molecule has 1 N–H and O–H groups in total. The Hall–Kier alpha value is -1.21. The third kappa shape index (κ3) is 3.39. The van der Waals surface area contributed by atoms with Crippen molar-refractivity contribution < 1.29 is 0 Å². The average molecular weight is 327 g/mol. The van der Waals surface area contributed by atoms with Gasteiger partial charge in [-0.1, -0.05) is 6.92 Å². The molecule has 0 bridgehead atoms. The summed E-state index contributed by atoms with van der Waals surface area (Å²) in [5.41, 5.74) is 0.527. The van der Waals surface area contributed by atoms with Gasteiger partial charge < -0.3 is 4.98 Å². The van der Waals surface area contributed by atoms with Gasteiger partial charge in [0.15, 0.2) is 5.16 Å². The number of hydrogen-bond donors (Lipinski definition) is 1. The molecule has 0 atom stereocenters. The molecule has 2 heterocycles. The second-order valence-electron chi connectivity index (χ2n) is 3.59. The topological polar surface area (TPSA) is 71.5 Å². The lowest BCUT2D eigenvalue weighted by atomic mass is 10.4. The molecule has 0 aliphatic rings. The monoisotopic (exact) mass is 326 g/mol. The minimum Gasteiger partial charge on any atom is -0.301 e. The summed E-state index contributed by atoms with van der Waals surface area (Å²) in [7, 11) is 0. The summed E-state index contributed by atoms with van der Waals surface area (Å²) in [6.45, 7) is 3.77. The Morgan fingerprint density at radius 3 is 2.78 bits per heavy atom. The Labute approximate surface area is 117 Å². The predicted octanol–water partition coefficient (Wildman–Crippen LogP) is 2.34. The lowest BCUT2D eigenvalue weighted by molar-refractivity contribution is 0.865. The van der Waals surface area contributed by atoms with Crippen LogP contribution in [-0.2, 0) is 6.42 Å². The third-order valence-electron chi connectivity index (χ3n) is 2.08. The molecular formula is C11H11BrN4OS. The van der Waals surface area contributed by atoms with Gasteiger partial charge in [0.1, 0.15) is 15.5 Å². The molecule has 0 aliphatic heterocycles. The van der Waals surface area contributed by atoms with E-state index in [1.54, 1.807) is 13.0 Å². The SMILES string of the molecule is CCc1nc(Br)cc(Sc2nc(C)cc(=O)[nH]2)n1. The Balaban J connectivity index is 2.33. The molecule has 7 heteroatoms. The van der Waals surface area contributed by atoms with Crippen LogP contribution in [0.3, 0.4) is 0 Å². The molecule has 94 valence electrons. The van der Waals surface area contributed by atoms with Crippen molar-refractivity contribution in [3.63, 3.8) is 0 Å². The minimum absolute atomic E-state index is 0.158. The zero-order valence-electron chi connectivity index (χ0n) is 9.90. The predicted molar refractivity (Wildman–Crippen MR) is 72.8 cm³/mol. The summed E-state index contributed by atoms with van der Waals surface area (Å²) in [6, 6.07) is 3.25. The molecule has 18 heavy (non-hydrogen) atoms. The van der Waals surface area contributed by atoms with Crippen LogP contribution in [0.1, 0.15) is 18.4 Å². The molecule has 0 saturated carbocycles. The number of halogens is 1. The van der Waals surface area contributed by atoms with Crippen LogP contribution in [-0.4, -0.2) is 19.9 Å². The highest BCUT2D eigenvalue weighted by molar-refractivity contribution is 9.10. The van der Waals surface area contributed by atoms with Crippen molar-refractivity contribution in [2.75, 3.05) is 0 Å². The smallest absolute Gasteiger partial charge is 0.251 e. The number of rotatable bonds is 3. The van der Waals surface area contributed by atoms with Crippen LogP contribution >= 0.6 is 27.7 Å². The Bertz CT molecular complexity index is 629. The molecule has 0 aromatic carbocycles. The Morgan fingerprint density at radius 1 is 1.33 bits per heavy atom. The van der Waals surface area contributed by atoms with E-state index in [0.717, 1.165) is 21.9 Å². The number of aromatic amines is 1. The highest BCUT2D eigenvalue weighted by Gasteiger charge is 2.06. The Kier molecular flexibility index (Phi) is 4.13. The molecule has 2 rings (SSSR count). The summed E-state index contributed by atoms with van der Waals surface area (Å²) in [5, 5.41) is 1.29. The van der Waals surface area contributed by atoms with Crippen molar-refractivity contribution in [1.82, 2.24) is 19.9 Å². The number of H-pyrrole nitrogens is 1. The van der Waals surface area contributed by atoms with E-state index in [1.165, 1.54) is 17.8 Å². The standard InChI is InChI=1S/C11H11BrN4OS/c1-3-8-14-7(12)5-10(15-8)18-11-13-6(2)4-9(17)16-11/h4-5H,3H2,1-2H3,(H,13,16,17). The molecule has 0 fully saturated rings. The molecule has 0 radical (unpaired) electrons. The number of hydrogen-bond acceptors (Lipinski definition) is 5. The van der Waals surface area contributed by atoms with E-state index in [1.807, 2.05) is 6.92 Å². The molecule has 2 aromatic rings. The first kappa shape index (κ1) is 13.2. The summed E-state index contributed by atoms with van der Waals surface area (Å²) >= 11 is 4.65. The highest BCUT2D eigenvalue weighted by atomic mass is 79.9. The van der Waals surface area contributed by atoms with Crippen molar-refractivity contribution in [3.8, 4) is 0 Å². The summed E-state index contributed by atoms with van der Waals surface area (Å²) in [4.78, 5) is 26.9. The molecule has 0 spiro atoms. The fraction of sp³-hybridized carbons (Fsp3) is 0.273. The van der Waals surface area contributed by atoms with Crippen molar-refractivity contribution in [2.45, 2.75) is 30.5 Å². The largest absolute Gasteiger partial charge is 0.301 e. The summed E-state index contributed by atoms with van der Waals surface area (Å²) in [5.74, 6) is 0.752. The van der Waals surface area contributed by atoms with Crippen LogP contribution in [0.15, 0.2) is 31.7 Å². The van der Waals surface area contributed by atoms with E-state index < -0.39 is 0 Å². The van der Waals surface area contributed by atoms with E-state index in [9.17, 15) is 4.79 Å². The second kappa shape index (κ2) is 5.62. The molecule has 5 nitrogen and oxygen atoms in total. The van der Waals surface area contributed by atoms with Gasteiger partial charge in [0.2, 0.25) is 0 Å². The van der Waals surface area contributed by atoms with Gasteiger partial charge in [-0.15, -0.1) is 0 Å². The fourth-order valence-corrected chi connectivity index (χ4v) is 2.79. The van der Waals surface area contributed by atoms with Gasteiger partial charge in [0.25, 0.3) is 5.56 Å². The van der Waals surface area contributed by atoms with Crippen molar-refractivity contribution >= 4 is 27.7 Å². The summed E-state index contributed by atoms with van der Waals surface area (Å²) in [6.07, 6.45) is 0.755. The quantitative estimate of drug-likeness (QED) is 0.692. The van der Waals surface area contributed by atoms with Gasteiger partial charge in [0, 0.05) is 24.2 Å². The lowest BCUT2D eigenvalue weighted by Gasteiger charge is -2.03. The number of nitrogens with zero attached hydrogens (tertiary/aromatic N) is 3. The second-order valence-corrected chi connectivity index (χ2v) is 5.41. The van der Waals surface area contributed by atoms with E-state index >= 15 is 0 Å². The van der Waals surface area contributed by atoms with Gasteiger partial charge in [-0.05, 0) is 34.6 Å². The van der Waals surface area contributed by atoms with E-state index in [4.69, 9.17) is 0 Å². The third-order valence-corrected chi connectivity index (χ3v) is 3.29. The van der Waals surface area contributed by atoms with Crippen LogP contribution in [0.25, 0.3) is 0 Å². The minimum atomic E-state index is -0.158. The molecule has 0 unspecified atom stereocenters. The van der Waals surface area contributed by atoms with Crippen molar-refractivity contribution in [3.05, 3.63) is 38.6 Å². The highest BCUT2D eigenvalue weighted by Crippen LogP contribution is 2.24. The Morgan fingerprint density at radius 2 is 2.11 bits per heavy atom. The van der Waals surface area contributed by atoms with Gasteiger partial charge in [-0.3, -0.25) is 4.79 Å². The van der Waals surface area contributed by atoms with Gasteiger partial charge in [-0.25, -0.2) is 15.0 Å². The van der Waals surface area contributed by atoms with Crippen molar-refractivity contribution in [2.24, 2.45) is 0 Å². The lowest BCUT2D eigenvalue weighted by Crippen LogP contribution is -2.08. The molecular weight excluding hydrogens is 316 g/mol. The van der Waals surface area contributed by atoms with E-state index in [0.29, 0.717) is 10.9 Å². The zero-order chi connectivity index (χ0) is 13.1. The maximum Gasteiger partial charge on any atom is 0.251 e. The zero-order valence-corrected chi connectivity index (χ0v) is 12.3. The fourth-order valence-electron chi connectivity index (χ4n) is 1.35. The van der Waals surface area contributed by atoms with E-state index in [2.05, 4.69) is 35.9 Å². The van der Waals surface area contributed by atoms with Gasteiger partial charge in [-0.2, -0.15) is 0 Å². The average Bonchev–Trinajstić information content (AvgIpc) is 2.26. The molecule has 0 amide bonds. The first-order valence-electron chi connectivity index (χ1n) is 5.36. The first-order chi connectivity index (χ1) is 8.56. The van der Waals surface area contributed by atoms with Crippen LogP contribution < -0.4 is 5.56 Å². The molecule has 2 aromatic heterocycles. The normalized spacial score (nSPS) is 10.6. The van der Waals surface area contributed by atoms with Crippen molar-refractivity contribution in [1.29, 1.82) is 0 Å². The molecule has 0 saturated heterocycles. The number of aryl methyl sites for hydroxylation is 2. The maximum absolute atomic E-state index is 11.3. The maximum atomic E-state index is 11.3. The molecule has 0 aliphatic carbocycles. The first-order valence-corrected chi connectivity index (χ1v) is 6.97. The number of nitrogens with one attached hydrogen (secondary N) is 1. The van der Waals surface area contributed by atoms with Crippen LogP contribution in [0, 0.1) is 6.92 Å². The van der Waals surface area contributed by atoms with Crippen LogP contribution in [0.5, 0.6) is 0 Å². The number of aromatic nitrogens is 4. The van der Waals surface area contributed by atoms with Gasteiger partial charge >= 0.3 is 0 Å². The summed E-state index contributed by atoms with van der Waals surface area (Å²) < 4.78 is 0.729. The van der Waals surface area contributed by atoms with Crippen LogP contribution in [0.4, 0.5) is 0 Å².